The van der Waals surface area contributed by atoms with E-state index in [1.54, 1.807) is 28.8 Å². The third-order valence-corrected chi connectivity index (χ3v) is 9.27. The molecule has 1 aliphatic carbocycles. The fourth-order valence-corrected chi connectivity index (χ4v) is 6.32. The third kappa shape index (κ3) is 9.44. The van der Waals surface area contributed by atoms with Crippen molar-refractivity contribution in [1.82, 2.24) is 10.2 Å². The molecule has 1 saturated carbocycles. The molecular weight excluding hydrogens is 583 g/mol. The van der Waals surface area contributed by atoms with Gasteiger partial charge >= 0.3 is 0 Å². The molecular formula is C32H35Cl3N2O2S. The summed E-state index contributed by atoms with van der Waals surface area (Å²) in [5.74, 6) is 0.633. The number of carbonyl (C=O) groups is 2. The minimum absolute atomic E-state index is 0.0532. The number of nitrogens with one attached hydrogen (secondary N) is 1. The van der Waals surface area contributed by atoms with Gasteiger partial charge in [0.1, 0.15) is 6.04 Å². The molecule has 1 fully saturated rings. The Balaban J connectivity index is 1.53. The van der Waals surface area contributed by atoms with E-state index in [1.807, 2.05) is 60.7 Å². The van der Waals surface area contributed by atoms with Gasteiger partial charge in [-0.05, 0) is 72.5 Å². The van der Waals surface area contributed by atoms with Crippen molar-refractivity contribution in [2.75, 3.05) is 5.75 Å². The van der Waals surface area contributed by atoms with Crippen LogP contribution in [-0.2, 0) is 22.6 Å². The maximum atomic E-state index is 13.8. The van der Waals surface area contributed by atoms with E-state index >= 15 is 0 Å². The molecule has 1 atom stereocenters. The van der Waals surface area contributed by atoms with Gasteiger partial charge in [-0.1, -0.05) is 90.5 Å². The lowest BCUT2D eigenvalue weighted by molar-refractivity contribution is -0.141. The van der Waals surface area contributed by atoms with Crippen molar-refractivity contribution in [2.24, 2.45) is 0 Å². The molecule has 0 heterocycles. The lowest BCUT2D eigenvalue weighted by Gasteiger charge is -2.33. The van der Waals surface area contributed by atoms with Crippen LogP contribution < -0.4 is 5.32 Å². The van der Waals surface area contributed by atoms with Gasteiger partial charge in [-0.2, -0.15) is 0 Å². The Morgan fingerprint density at radius 3 is 2.30 bits per heavy atom. The summed E-state index contributed by atoms with van der Waals surface area (Å²) < 4.78 is 0. The average Bonchev–Trinajstić information content (AvgIpc) is 2.96. The van der Waals surface area contributed by atoms with Crippen LogP contribution in [0.4, 0.5) is 0 Å². The second-order valence-corrected chi connectivity index (χ2v) is 12.6. The Morgan fingerprint density at radius 2 is 1.60 bits per heavy atom. The lowest BCUT2D eigenvalue weighted by Crippen LogP contribution is -2.52. The smallest absolute Gasteiger partial charge is 0.243 e. The second-order valence-electron chi connectivity index (χ2n) is 10.2. The number of benzene rings is 3. The summed E-state index contributed by atoms with van der Waals surface area (Å²) >= 11 is 20.2. The number of amides is 2. The fraction of sp³-hybridized carbons (Fsp3) is 0.375. The maximum absolute atomic E-state index is 13.8. The number of rotatable bonds is 12. The van der Waals surface area contributed by atoms with Gasteiger partial charge in [-0.15, -0.1) is 11.8 Å². The summed E-state index contributed by atoms with van der Waals surface area (Å²) in [7, 11) is 0. The first-order valence-corrected chi connectivity index (χ1v) is 16.0. The molecule has 0 aromatic heterocycles. The van der Waals surface area contributed by atoms with E-state index in [-0.39, 0.29) is 24.4 Å². The van der Waals surface area contributed by atoms with Crippen LogP contribution in [0.2, 0.25) is 15.1 Å². The number of nitrogens with zero attached hydrogens (tertiary/aromatic N) is 1. The zero-order valence-electron chi connectivity index (χ0n) is 22.5. The van der Waals surface area contributed by atoms with E-state index in [2.05, 4.69) is 5.32 Å². The van der Waals surface area contributed by atoms with Gasteiger partial charge in [-0.25, -0.2) is 0 Å². The second kappa shape index (κ2) is 15.7. The van der Waals surface area contributed by atoms with Crippen LogP contribution in [0, 0.1) is 0 Å². The first-order valence-electron chi connectivity index (χ1n) is 13.8. The molecule has 2 amide bonds. The summed E-state index contributed by atoms with van der Waals surface area (Å²) in [6.07, 6.45) is 6.86. The van der Waals surface area contributed by atoms with Crippen LogP contribution in [0.5, 0.6) is 0 Å². The monoisotopic (exact) mass is 616 g/mol. The van der Waals surface area contributed by atoms with Crippen molar-refractivity contribution >= 4 is 58.4 Å². The quantitative estimate of drug-likeness (QED) is 0.164. The summed E-state index contributed by atoms with van der Waals surface area (Å²) in [6, 6.07) is 22.5. The van der Waals surface area contributed by atoms with Gasteiger partial charge in [0.25, 0.3) is 0 Å². The molecule has 40 heavy (non-hydrogen) atoms. The molecule has 212 valence electrons. The highest BCUT2D eigenvalue weighted by molar-refractivity contribution is 7.99. The SMILES string of the molecule is O=C(NC1CCCCC1)[C@H](Cc1ccccc1)N(Cc1ccc(Cl)c(Cl)c1)C(=O)CCCSc1ccc(Cl)cc1. The molecule has 4 nitrogen and oxygen atoms in total. The molecule has 0 spiro atoms. The molecule has 1 aliphatic rings. The number of carbonyl (C=O) groups excluding carboxylic acids is 2. The minimum atomic E-state index is -0.643. The van der Waals surface area contributed by atoms with Gasteiger partial charge in [0.05, 0.1) is 10.0 Å². The molecule has 0 radical (unpaired) electrons. The van der Waals surface area contributed by atoms with Crippen LogP contribution in [0.25, 0.3) is 0 Å². The van der Waals surface area contributed by atoms with E-state index in [0.29, 0.717) is 34.3 Å². The van der Waals surface area contributed by atoms with Crippen LogP contribution in [0.3, 0.4) is 0 Å². The number of hydrogen-bond donors (Lipinski definition) is 1. The fourth-order valence-electron chi connectivity index (χ4n) is 5.02. The Bertz CT molecular complexity index is 1250. The lowest BCUT2D eigenvalue weighted by atomic mass is 9.94. The number of halogens is 3. The predicted octanol–water partition coefficient (Wildman–Crippen LogP) is 8.61. The number of hydrogen-bond acceptors (Lipinski definition) is 3. The molecule has 4 rings (SSSR count). The molecule has 8 heteroatoms. The molecule has 0 unspecified atom stereocenters. The highest BCUT2D eigenvalue weighted by Gasteiger charge is 2.31. The van der Waals surface area contributed by atoms with E-state index in [1.165, 1.54) is 6.42 Å². The van der Waals surface area contributed by atoms with Crippen molar-refractivity contribution in [3.63, 3.8) is 0 Å². The zero-order valence-corrected chi connectivity index (χ0v) is 25.5. The highest BCUT2D eigenvalue weighted by Crippen LogP contribution is 2.26. The van der Waals surface area contributed by atoms with Crippen LogP contribution in [0.15, 0.2) is 77.7 Å². The summed E-state index contributed by atoms with van der Waals surface area (Å²) in [6.45, 7) is 0.273. The van der Waals surface area contributed by atoms with Crippen molar-refractivity contribution in [3.8, 4) is 0 Å². The largest absolute Gasteiger partial charge is 0.352 e. The average molecular weight is 618 g/mol. The predicted molar refractivity (Wildman–Crippen MR) is 167 cm³/mol. The van der Waals surface area contributed by atoms with E-state index < -0.39 is 6.04 Å². The van der Waals surface area contributed by atoms with E-state index in [9.17, 15) is 9.59 Å². The summed E-state index contributed by atoms with van der Waals surface area (Å²) in [4.78, 5) is 30.5. The Kier molecular flexibility index (Phi) is 12.1. The van der Waals surface area contributed by atoms with Crippen molar-refractivity contribution in [3.05, 3.63) is 99.0 Å². The van der Waals surface area contributed by atoms with Crippen LogP contribution in [0.1, 0.15) is 56.1 Å². The molecule has 0 saturated heterocycles. The Hall–Kier alpha value is -2.18. The first-order chi connectivity index (χ1) is 19.4. The van der Waals surface area contributed by atoms with E-state index in [4.69, 9.17) is 34.8 Å². The van der Waals surface area contributed by atoms with Gasteiger partial charge in [0.2, 0.25) is 11.8 Å². The van der Waals surface area contributed by atoms with Crippen molar-refractivity contribution in [1.29, 1.82) is 0 Å². The maximum Gasteiger partial charge on any atom is 0.243 e. The first kappa shape index (κ1) is 30.8. The summed E-state index contributed by atoms with van der Waals surface area (Å²) in [5, 5.41) is 4.87. The highest BCUT2D eigenvalue weighted by atomic mass is 35.5. The zero-order chi connectivity index (χ0) is 28.3. The molecule has 3 aromatic carbocycles. The normalized spacial score (nSPS) is 14.5. The van der Waals surface area contributed by atoms with Crippen LogP contribution in [-0.4, -0.2) is 34.6 Å². The third-order valence-electron chi connectivity index (χ3n) is 7.18. The number of thioether (sulfide) groups is 1. The Morgan fingerprint density at radius 1 is 0.875 bits per heavy atom. The van der Waals surface area contributed by atoms with Crippen LogP contribution >= 0.6 is 46.6 Å². The minimum Gasteiger partial charge on any atom is -0.352 e. The Labute approximate surface area is 256 Å². The van der Waals surface area contributed by atoms with Gasteiger partial charge in [0.15, 0.2) is 0 Å². The molecule has 1 N–H and O–H groups in total. The summed E-state index contributed by atoms with van der Waals surface area (Å²) in [5.41, 5.74) is 1.85. The van der Waals surface area contributed by atoms with Gasteiger partial charge < -0.3 is 10.2 Å². The molecule has 0 bridgehead atoms. The molecule has 0 aliphatic heterocycles. The molecule has 3 aromatic rings. The topological polar surface area (TPSA) is 49.4 Å². The van der Waals surface area contributed by atoms with Crippen molar-refractivity contribution in [2.45, 2.75) is 74.9 Å². The van der Waals surface area contributed by atoms with Crippen molar-refractivity contribution < 1.29 is 9.59 Å². The van der Waals surface area contributed by atoms with E-state index in [0.717, 1.165) is 47.5 Å². The van der Waals surface area contributed by atoms with Gasteiger partial charge in [0, 0.05) is 35.3 Å². The van der Waals surface area contributed by atoms with Gasteiger partial charge in [-0.3, -0.25) is 9.59 Å². The standard InChI is InChI=1S/C32H35Cl3N2O2S/c33-25-14-16-27(17-15-25)40-19-7-12-31(38)37(22-24-13-18-28(34)29(35)20-24)30(21-23-8-3-1-4-9-23)32(39)36-26-10-5-2-6-11-26/h1,3-4,8-9,13-18,20,26,30H,2,5-7,10-12,19,21-22H2,(H,36,39)/t30-/m0/s1.